The first kappa shape index (κ1) is 15.9. The van der Waals surface area contributed by atoms with Crippen molar-refractivity contribution in [3.63, 3.8) is 0 Å². The van der Waals surface area contributed by atoms with Gasteiger partial charge in [-0.1, -0.05) is 41.6 Å². The summed E-state index contributed by atoms with van der Waals surface area (Å²) in [5.41, 5.74) is 4.38. The second-order valence-electron chi connectivity index (χ2n) is 5.78. The number of fused-ring (bicyclic) bond motifs is 1. The van der Waals surface area contributed by atoms with Crippen molar-refractivity contribution < 1.29 is 4.74 Å². The van der Waals surface area contributed by atoms with E-state index < -0.39 is 0 Å². The van der Waals surface area contributed by atoms with Gasteiger partial charge in [-0.2, -0.15) is 9.78 Å². The highest BCUT2D eigenvalue weighted by molar-refractivity contribution is 7.99. The first-order chi connectivity index (χ1) is 12.2. The van der Waals surface area contributed by atoms with Gasteiger partial charge in [0.1, 0.15) is 5.75 Å². The average molecular weight is 350 g/mol. The van der Waals surface area contributed by atoms with Gasteiger partial charge in [-0.25, -0.2) is 0 Å². The fraction of sp³-hybridized carbons (Fsp3) is 0.211. The lowest BCUT2D eigenvalue weighted by molar-refractivity contribution is 0.340. The van der Waals surface area contributed by atoms with E-state index in [2.05, 4.69) is 41.4 Å². The molecule has 0 saturated carbocycles. The molecular weight excluding hydrogens is 332 g/mol. The molecule has 25 heavy (non-hydrogen) atoms. The van der Waals surface area contributed by atoms with Crippen LogP contribution >= 0.6 is 11.8 Å². The molecule has 0 bridgehead atoms. The zero-order valence-electron chi connectivity index (χ0n) is 14.1. The Bertz CT molecular complexity index is 914. The van der Waals surface area contributed by atoms with Gasteiger partial charge in [-0.15, -0.1) is 10.2 Å². The van der Waals surface area contributed by atoms with Crippen molar-refractivity contribution in [3.8, 4) is 17.1 Å². The Balaban J connectivity index is 1.70. The van der Waals surface area contributed by atoms with Crippen LogP contribution in [0.25, 0.3) is 11.4 Å². The van der Waals surface area contributed by atoms with Crippen LogP contribution in [0.4, 0.5) is 0 Å². The van der Waals surface area contributed by atoms with E-state index in [1.807, 2.05) is 35.9 Å². The second kappa shape index (κ2) is 6.72. The summed E-state index contributed by atoms with van der Waals surface area (Å²) >= 11 is 1.66. The Morgan fingerprint density at radius 2 is 1.72 bits per heavy atom. The van der Waals surface area contributed by atoms with Gasteiger partial charge in [0.05, 0.1) is 12.3 Å². The third kappa shape index (κ3) is 3.17. The maximum absolute atomic E-state index is 5.50. The number of nitrogens with zero attached hydrogens (tertiary/aromatic N) is 4. The first-order valence-electron chi connectivity index (χ1n) is 8.21. The molecule has 0 unspecified atom stereocenters. The van der Waals surface area contributed by atoms with E-state index in [4.69, 9.17) is 9.84 Å². The predicted molar refractivity (Wildman–Crippen MR) is 100 cm³/mol. The predicted octanol–water partition coefficient (Wildman–Crippen LogP) is 4.01. The molecule has 0 amide bonds. The van der Waals surface area contributed by atoms with Crippen LogP contribution in [0.1, 0.15) is 18.1 Å². The maximum Gasteiger partial charge on any atom is 0.212 e. The Kier molecular flexibility index (Phi) is 4.28. The summed E-state index contributed by atoms with van der Waals surface area (Å²) < 4.78 is 7.33. The zero-order chi connectivity index (χ0) is 17.2. The minimum Gasteiger partial charge on any atom is -0.494 e. The standard InChI is InChI=1S/C19H18N4OS/c1-3-24-16-10-8-15(9-11-16)18-20-21-19-23(18)22-17(12-25-19)14-6-4-13(2)5-7-14/h4-11H,3,12H2,1-2H3. The number of benzene rings is 2. The highest BCUT2D eigenvalue weighted by atomic mass is 32.2. The van der Waals surface area contributed by atoms with Crippen molar-refractivity contribution >= 4 is 17.5 Å². The molecule has 1 aromatic heterocycles. The average Bonchev–Trinajstić information content (AvgIpc) is 3.06. The Morgan fingerprint density at radius 3 is 2.44 bits per heavy atom. The van der Waals surface area contributed by atoms with Crippen LogP contribution in [0, 0.1) is 6.92 Å². The lowest BCUT2D eigenvalue weighted by Gasteiger charge is -2.14. The van der Waals surface area contributed by atoms with Crippen LogP contribution in [0.3, 0.4) is 0 Å². The summed E-state index contributed by atoms with van der Waals surface area (Å²) in [6, 6.07) is 16.3. The molecular formula is C19H18N4OS. The quantitative estimate of drug-likeness (QED) is 0.713. The van der Waals surface area contributed by atoms with E-state index in [1.165, 1.54) is 5.56 Å². The highest BCUT2D eigenvalue weighted by Gasteiger charge is 2.20. The summed E-state index contributed by atoms with van der Waals surface area (Å²) in [4.78, 5) is 0. The van der Waals surface area contributed by atoms with Crippen molar-refractivity contribution in [2.45, 2.75) is 19.0 Å². The van der Waals surface area contributed by atoms with Crippen LogP contribution in [0.5, 0.6) is 5.75 Å². The number of rotatable bonds is 4. The molecule has 0 spiro atoms. The van der Waals surface area contributed by atoms with E-state index in [-0.39, 0.29) is 0 Å². The van der Waals surface area contributed by atoms with Crippen LogP contribution in [-0.4, -0.2) is 32.9 Å². The van der Waals surface area contributed by atoms with Crippen LogP contribution in [0.2, 0.25) is 0 Å². The van der Waals surface area contributed by atoms with Gasteiger partial charge in [0.15, 0.2) is 5.82 Å². The van der Waals surface area contributed by atoms with Crippen LogP contribution in [0.15, 0.2) is 58.8 Å². The summed E-state index contributed by atoms with van der Waals surface area (Å²) in [6.45, 7) is 4.71. The minimum absolute atomic E-state index is 0.653. The molecule has 0 saturated heterocycles. The monoisotopic (exact) mass is 350 g/mol. The molecule has 0 atom stereocenters. The number of hydrogen-bond acceptors (Lipinski definition) is 5. The maximum atomic E-state index is 5.50. The molecule has 6 heteroatoms. The number of hydrogen-bond donors (Lipinski definition) is 0. The summed E-state index contributed by atoms with van der Waals surface area (Å²) in [5, 5.41) is 14.2. The van der Waals surface area contributed by atoms with E-state index >= 15 is 0 Å². The third-order valence-corrected chi connectivity index (χ3v) is 4.91. The molecule has 0 aliphatic carbocycles. The zero-order valence-corrected chi connectivity index (χ0v) is 15.0. The molecule has 0 radical (unpaired) electrons. The van der Waals surface area contributed by atoms with Gasteiger partial charge in [0, 0.05) is 11.3 Å². The van der Waals surface area contributed by atoms with E-state index in [9.17, 15) is 0 Å². The Hall–Kier alpha value is -2.60. The van der Waals surface area contributed by atoms with Gasteiger partial charge in [0.2, 0.25) is 5.16 Å². The summed E-state index contributed by atoms with van der Waals surface area (Å²) in [5.74, 6) is 2.39. The second-order valence-corrected chi connectivity index (χ2v) is 6.72. The van der Waals surface area contributed by atoms with Gasteiger partial charge in [-0.3, -0.25) is 0 Å². The smallest absolute Gasteiger partial charge is 0.212 e. The number of thioether (sulfide) groups is 1. The number of aromatic nitrogens is 3. The summed E-state index contributed by atoms with van der Waals surface area (Å²) in [7, 11) is 0. The Labute approximate surface area is 150 Å². The molecule has 126 valence electrons. The molecule has 0 N–H and O–H groups in total. The van der Waals surface area contributed by atoms with E-state index in [1.54, 1.807) is 11.8 Å². The van der Waals surface area contributed by atoms with Crippen LogP contribution in [-0.2, 0) is 0 Å². The highest BCUT2D eigenvalue weighted by Crippen LogP contribution is 2.29. The lowest BCUT2D eigenvalue weighted by Crippen LogP contribution is -2.13. The molecule has 0 fully saturated rings. The van der Waals surface area contributed by atoms with Gasteiger partial charge >= 0.3 is 0 Å². The van der Waals surface area contributed by atoms with E-state index in [0.29, 0.717) is 6.61 Å². The number of aryl methyl sites for hydroxylation is 1. The fourth-order valence-corrected chi connectivity index (χ4v) is 3.50. The van der Waals surface area contributed by atoms with Crippen molar-refractivity contribution in [1.29, 1.82) is 0 Å². The lowest BCUT2D eigenvalue weighted by atomic mass is 10.1. The normalized spacial score (nSPS) is 13.3. The summed E-state index contributed by atoms with van der Waals surface area (Å²) in [6.07, 6.45) is 0. The van der Waals surface area contributed by atoms with Crippen molar-refractivity contribution in [3.05, 3.63) is 59.7 Å². The molecule has 2 aromatic carbocycles. The largest absolute Gasteiger partial charge is 0.494 e. The van der Waals surface area contributed by atoms with Gasteiger partial charge < -0.3 is 4.74 Å². The molecule has 4 rings (SSSR count). The van der Waals surface area contributed by atoms with Gasteiger partial charge in [-0.05, 0) is 43.7 Å². The van der Waals surface area contributed by atoms with Gasteiger partial charge in [0.25, 0.3) is 0 Å². The third-order valence-electron chi connectivity index (χ3n) is 3.98. The van der Waals surface area contributed by atoms with Crippen molar-refractivity contribution in [2.24, 2.45) is 5.10 Å². The molecule has 5 nitrogen and oxygen atoms in total. The SMILES string of the molecule is CCOc1ccc(-c2nnc3n2N=C(c2ccc(C)cc2)CS3)cc1. The molecule has 1 aliphatic rings. The Morgan fingerprint density at radius 1 is 1.00 bits per heavy atom. The van der Waals surface area contributed by atoms with Crippen molar-refractivity contribution in [2.75, 3.05) is 12.4 Å². The van der Waals surface area contributed by atoms with Crippen LogP contribution < -0.4 is 4.74 Å². The van der Waals surface area contributed by atoms with E-state index in [0.717, 1.165) is 39.3 Å². The molecule has 3 aromatic rings. The topological polar surface area (TPSA) is 52.3 Å². The first-order valence-corrected chi connectivity index (χ1v) is 9.19. The molecule has 1 aliphatic heterocycles. The van der Waals surface area contributed by atoms with Crippen molar-refractivity contribution in [1.82, 2.24) is 14.9 Å². The fourth-order valence-electron chi connectivity index (χ4n) is 2.66. The number of ether oxygens (including phenoxy) is 1. The molecule has 2 heterocycles. The minimum atomic E-state index is 0.653.